The summed E-state index contributed by atoms with van der Waals surface area (Å²) in [7, 11) is 0. The van der Waals surface area contributed by atoms with Gasteiger partial charge >= 0.3 is 0 Å². The van der Waals surface area contributed by atoms with Crippen LogP contribution in [-0.4, -0.2) is 17.8 Å². The van der Waals surface area contributed by atoms with E-state index in [-0.39, 0.29) is 0 Å². The topological polar surface area (TPSA) is 17.1 Å². The first-order valence-corrected chi connectivity index (χ1v) is 5.58. The molecule has 0 aromatic heterocycles. The molecule has 0 aliphatic rings. The lowest BCUT2D eigenvalue weighted by Crippen LogP contribution is -1.84. The predicted molar refractivity (Wildman–Crippen MR) is 52.1 cm³/mol. The van der Waals surface area contributed by atoms with Gasteiger partial charge in [0.2, 0.25) is 0 Å². The van der Waals surface area contributed by atoms with E-state index < -0.39 is 0 Å². The van der Waals surface area contributed by atoms with Crippen LogP contribution in [0.2, 0.25) is 0 Å². The maximum atomic E-state index is 9.92. The lowest BCUT2D eigenvalue weighted by Gasteiger charge is -1.97. The van der Waals surface area contributed by atoms with Gasteiger partial charge < -0.3 is 4.79 Å². The number of aldehydes is 1. The summed E-state index contributed by atoms with van der Waals surface area (Å²) in [5.74, 6) is 1.83. The lowest BCUT2D eigenvalue weighted by atomic mass is 10.2. The Morgan fingerprint density at radius 3 is 2.55 bits per heavy atom. The van der Waals surface area contributed by atoms with Gasteiger partial charge in [0.25, 0.3) is 0 Å². The number of carbonyl (C=O) groups is 1. The Kier molecular flexibility index (Phi) is 10.0. The molecule has 0 radical (unpaired) electrons. The van der Waals surface area contributed by atoms with Crippen LogP contribution in [0.1, 0.15) is 39.0 Å². The van der Waals surface area contributed by atoms with E-state index >= 15 is 0 Å². The fourth-order valence-corrected chi connectivity index (χ4v) is 1.61. The smallest absolute Gasteiger partial charge is 0.129 e. The maximum Gasteiger partial charge on any atom is 0.129 e. The average Bonchev–Trinajstić information content (AvgIpc) is 2.03. The van der Waals surface area contributed by atoms with Gasteiger partial charge in [0.1, 0.15) is 6.29 Å². The number of unbranched alkanes of at least 4 members (excludes halogenated alkanes) is 4. The molecule has 0 aromatic carbocycles. The van der Waals surface area contributed by atoms with Gasteiger partial charge in [-0.3, -0.25) is 0 Å². The Morgan fingerprint density at radius 1 is 1.18 bits per heavy atom. The zero-order chi connectivity index (χ0) is 8.36. The summed E-state index contributed by atoms with van der Waals surface area (Å²) in [4.78, 5) is 9.92. The second kappa shape index (κ2) is 10.0. The van der Waals surface area contributed by atoms with Crippen molar-refractivity contribution in [1.82, 2.24) is 0 Å². The van der Waals surface area contributed by atoms with Gasteiger partial charge in [0.05, 0.1) is 0 Å². The van der Waals surface area contributed by atoms with Crippen molar-refractivity contribution >= 4 is 18.0 Å². The fourth-order valence-electron chi connectivity index (χ4n) is 0.939. The molecule has 0 aromatic rings. The highest BCUT2D eigenvalue weighted by Crippen LogP contribution is 2.07. The minimum absolute atomic E-state index is 0.674. The van der Waals surface area contributed by atoms with Crippen LogP contribution in [-0.2, 0) is 4.79 Å². The number of rotatable bonds is 8. The quantitative estimate of drug-likeness (QED) is 0.416. The van der Waals surface area contributed by atoms with E-state index in [1.807, 2.05) is 0 Å². The first-order valence-electron chi connectivity index (χ1n) is 4.43. The van der Waals surface area contributed by atoms with Crippen LogP contribution < -0.4 is 0 Å². The average molecular weight is 174 g/mol. The molecule has 0 atom stereocenters. The summed E-state index contributed by atoms with van der Waals surface area (Å²) in [6.45, 7) is 2.22. The van der Waals surface area contributed by atoms with Gasteiger partial charge in [-0.1, -0.05) is 32.6 Å². The molecule has 0 saturated heterocycles. The third kappa shape index (κ3) is 10.0. The molecule has 66 valence electrons. The van der Waals surface area contributed by atoms with Crippen LogP contribution in [0.25, 0.3) is 0 Å². The lowest BCUT2D eigenvalue weighted by molar-refractivity contribution is -0.105. The van der Waals surface area contributed by atoms with E-state index in [2.05, 4.69) is 6.92 Å². The Balaban J connectivity index is 2.74. The van der Waals surface area contributed by atoms with E-state index in [4.69, 9.17) is 0 Å². The highest BCUT2D eigenvalue weighted by atomic mass is 32.2. The van der Waals surface area contributed by atoms with Crippen molar-refractivity contribution in [2.24, 2.45) is 0 Å². The normalized spacial score (nSPS) is 9.91. The van der Waals surface area contributed by atoms with Crippen LogP contribution >= 0.6 is 11.8 Å². The van der Waals surface area contributed by atoms with E-state index in [1.54, 1.807) is 11.8 Å². The van der Waals surface area contributed by atoms with Gasteiger partial charge in [-0.25, -0.2) is 0 Å². The molecule has 0 heterocycles. The van der Waals surface area contributed by atoms with Gasteiger partial charge in [0.15, 0.2) is 0 Å². The molecule has 0 saturated carbocycles. The third-order valence-electron chi connectivity index (χ3n) is 1.58. The molecule has 1 nitrogen and oxygen atoms in total. The van der Waals surface area contributed by atoms with Crippen molar-refractivity contribution in [1.29, 1.82) is 0 Å². The van der Waals surface area contributed by atoms with Gasteiger partial charge in [-0.05, 0) is 12.2 Å². The first-order chi connectivity index (χ1) is 5.41. The highest BCUT2D eigenvalue weighted by molar-refractivity contribution is 7.99. The summed E-state index contributed by atoms with van der Waals surface area (Å²) in [5, 5.41) is 0. The molecule has 11 heavy (non-hydrogen) atoms. The second-order valence-electron chi connectivity index (χ2n) is 2.66. The number of carbonyl (C=O) groups excluding carboxylic acids is 1. The van der Waals surface area contributed by atoms with Crippen molar-refractivity contribution < 1.29 is 4.79 Å². The van der Waals surface area contributed by atoms with Gasteiger partial charge in [-0.15, -0.1) is 0 Å². The summed E-state index contributed by atoms with van der Waals surface area (Å²) < 4.78 is 0. The second-order valence-corrected chi connectivity index (χ2v) is 3.81. The molecule has 0 spiro atoms. The SMILES string of the molecule is CCCCCCCSCC=O. The molecule has 0 N–H and O–H groups in total. The Morgan fingerprint density at radius 2 is 1.91 bits per heavy atom. The minimum atomic E-state index is 0.674. The molecular formula is C9H18OS. The maximum absolute atomic E-state index is 9.92. The third-order valence-corrected chi connectivity index (χ3v) is 2.53. The monoisotopic (exact) mass is 174 g/mol. The predicted octanol–water partition coefficient (Wildman–Crippen LogP) is 2.89. The molecule has 0 rings (SSSR count). The van der Waals surface area contributed by atoms with Gasteiger partial charge in [0, 0.05) is 5.75 Å². The van der Waals surface area contributed by atoms with Crippen LogP contribution in [0.15, 0.2) is 0 Å². The van der Waals surface area contributed by atoms with Crippen LogP contribution in [0.3, 0.4) is 0 Å². The van der Waals surface area contributed by atoms with Crippen molar-refractivity contribution in [3.8, 4) is 0 Å². The number of thioether (sulfide) groups is 1. The molecule has 0 aliphatic carbocycles. The first kappa shape index (κ1) is 11.0. The van der Waals surface area contributed by atoms with Crippen molar-refractivity contribution in [2.45, 2.75) is 39.0 Å². The zero-order valence-corrected chi connectivity index (χ0v) is 8.16. The zero-order valence-electron chi connectivity index (χ0n) is 7.34. The van der Waals surface area contributed by atoms with Crippen molar-refractivity contribution in [2.75, 3.05) is 11.5 Å². The fraction of sp³-hybridized carbons (Fsp3) is 0.889. The molecule has 0 aliphatic heterocycles. The summed E-state index contributed by atoms with van der Waals surface area (Å²) in [5.41, 5.74) is 0. The Bertz CT molecular complexity index is 83.6. The summed E-state index contributed by atoms with van der Waals surface area (Å²) in [6.07, 6.45) is 7.62. The summed E-state index contributed by atoms with van der Waals surface area (Å²) >= 11 is 1.74. The molecule has 2 heteroatoms. The molecular weight excluding hydrogens is 156 g/mol. The standard InChI is InChI=1S/C9H18OS/c1-2-3-4-5-6-8-11-9-7-10/h7H,2-6,8-9H2,1H3. The van der Waals surface area contributed by atoms with Crippen LogP contribution in [0, 0.1) is 0 Å². The Hall–Kier alpha value is 0.0200. The van der Waals surface area contributed by atoms with Crippen LogP contribution in [0.5, 0.6) is 0 Å². The van der Waals surface area contributed by atoms with Crippen molar-refractivity contribution in [3.63, 3.8) is 0 Å². The van der Waals surface area contributed by atoms with Crippen LogP contribution in [0.4, 0.5) is 0 Å². The van der Waals surface area contributed by atoms with Crippen molar-refractivity contribution in [3.05, 3.63) is 0 Å². The Labute approximate surface area is 73.9 Å². The number of hydrogen-bond donors (Lipinski definition) is 0. The molecule has 0 unspecified atom stereocenters. The molecule has 0 amide bonds. The van der Waals surface area contributed by atoms with Gasteiger partial charge in [-0.2, -0.15) is 11.8 Å². The van der Waals surface area contributed by atoms with E-state index in [9.17, 15) is 4.79 Å². The highest BCUT2D eigenvalue weighted by Gasteiger charge is 1.89. The largest absolute Gasteiger partial charge is 0.302 e. The number of hydrogen-bond acceptors (Lipinski definition) is 2. The molecule has 0 bridgehead atoms. The minimum Gasteiger partial charge on any atom is -0.302 e. The van der Waals surface area contributed by atoms with E-state index in [1.165, 1.54) is 32.1 Å². The molecule has 0 fully saturated rings. The van der Waals surface area contributed by atoms with E-state index in [0.717, 1.165) is 12.0 Å². The summed E-state index contributed by atoms with van der Waals surface area (Å²) in [6, 6.07) is 0. The van der Waals surface area contributed by atoms with E-state index in [0.29, 0.717) is 5.75 Å².